The SMILES string of the molecule is CCCCCC(CC)c1cc2c3ccccc3cnn2c1. The third-order valence-electron chi connectivity index (χ3n) is 4.50. The van der Waals surface area contributed by atoms with Crippen molar-refractivity contribution in [3.63, 3.8) is 0 Å². The van der Waals surface area contributed by atoms with Crippen LogP contribution in [0.15, 0.2) is 42.7 Å². The van der Waals surface area contributed by atoms with Gasteiger partial charge in [-0.2, -0.15) is 5.10 Å². The third-order valence-corrected chi connectivity index (χ3v) is 4.50. The van der Waals surface area contributed by atoms with E-state index in [9.17, 15) is 0 Å². The smallest absolute Gasteiger partial charge is 0.0727 e. The summed E-state index contributed by atoms with van der Waals surface area (Å²) < 4.78 is 2.04. The third kappa shape index (κ3) is 2.80. The van der Waals surface area contributed by atoms with E-state index >= 15 is 0 Å². The Balaban J connectivity index is 1.97. The van der Waals surface area contributed by atoms with Crippen LogP contribution in [0.1, 0.15) is 57.4 Å². The lowest BCUT2D eigenvalue weighted by atomic mass is 9.93. The van der Waals surface area contributed by atoms with E-state index in [4.69, 9.17) is 0 Å². The Bertz CT molecular complexity index is 727. The summed E-state index contributed by atoms with van der Waals surface area (Å²) in [4.78, 5) is 0. The van der Waals surface area contributed by atoms with Gasteiger partial charge in [0, 0.05) is 17.0 Å². The summed E-state index contributed by atoms with van der Waals surface area (Å²) in [5.41, 5.74) is 2.68. The first kappa shape index (κ1) is 14.1. The van der Waals surface area contributed by atoms with Crippen LogP contribution in [0.3, 0.4) is 0 Å². The number of fused-ring (bicyclic) bond motifs is 3. The molecule has 0 saturated heterocycles. The molecule has 2 nitrogen and oxygen atoms in total. The lowest BCUT2D eigenvalue weighted by molar-refractivity contribution is 0.553. The molecule has 0 aliphatic carbocycles. The molecular formula is C19H24N2. The van der Waals surface area contributed by atoms with Crippen molar-refractivity contribution in [2.75, 3.05) is 0 Å². The van der Waals surface area contributed by atoms with Crippen LogP contribution in [0.25, 0.3) is 16.3 Å². The monoisotopic (exact) mass is 280 g/mol. The van der Waals surface area contributed by atoms with E-state index in [0.29, 0.717) is 5.92 Å². The van der Waals surface area contributed by atoms with Gasteiger partial charge < -0.3 is 0 Å². The molecule has 2 heterocycles. The first-order valence-corrected chi connectivity index (χ1v) is 8.19. The Morgan fingerprint density at radius 2 is 2.00 bits per heavy atom. The normalized spacial score (nSPS) is 13.0. The summed E-state index contributed by atoms with van der Waals surface area (Å²) in [6, 6.07) is 10.8. The number of hydrogen-bond acceptors (Lipinski definition) is 1. The summed E-state index contributed by atoms with van der Waals surface area (Å²) in [7, 11) is 0. The minimum atomic E-state index is 0.664. The Hall–Kier alpha value is -1.83. The van der Waals surface area contributed by atoms with Crippen LogP contribution in [0.2, 0.25) is 0 Å². The van der Waals surface area contributed by atoms with E-state index in [0.717, 1.165) is 0 Å². The number of unbranched alkanes of at least 4 members (excludes halogenated alkanes) is 2. The molecule has 2 aromatic heterocycles. The van der Waals surface area contributed by atoms with Crippen molar-refractivity contribution in [2.24, 2.45) is 0 Å². The van der Waals surface area contributed by atoms with Crippen LogP contribution < -0.4 is 0 Å². The molecule has 0 fully saturated rings. The minimum Gasteiger partial charge on any atom is -0.240 e. The van der Waals surface area contributed by atoms with Crippen LogP contribution >= 0.6 is 0 Å². The van der Waals surface area contributed by atoms with Gasteiger partial charge in [0.15, 0.2) is 0 Å². The van der Waals surface area contributed by atoms with Gasteiger partial charge in [0.05, 0.1) is 11.7 Å². The fourth-order valence-corrected chi connectivity index (χ4v) is 3.21. The van der Waals surface area contributed by atoms with Crippen LogP contribution in [0.4, 0.5) is 0 Å². The van der Waals surface area contributed by atoms with Crippen molar-refractivity contribution in [2.45, 2.75) is 51.9 Å². The molecule has 21 heavy (non-hydrogen) atoms. The van der Waals surface area contributed by atoms with E-state index in [1.165, 1.54) is 54.0 Å². The molecule has 0 aliphatic heterocycles. The Morgan fingerprint density at radius 1 is 1.14 bits per heavy atom. The summed E-state index contributed by atoms with van der Waals surface area (Å²) in [6.07, 6.45) is 10.6. The van der Waals surface area contributed by atoms with Crippen LogP contribution in [0.5, 0.6) is 0 Å². The van der Waals surface area contributed by atoms with Crippen molar-refractivity contribution in [1.29, 1.82) is 0 Å². The Morgan fingerprint density at radius 3 is 2.81 bits per heavy atom. The van der Waals surface area contributed by atoms with Crippen LogP contribution in [-0.2, 0) is 0 Å². The molecule has 3 rings (SSSR count). The highest BCUT2D eigenvalue weighted by atomic mass is 15.2. The minimum absolute atomic E-state index is 0.664. The number of rotatable bonds is 6. The Labute approximate surface area is 126 Å². The van der Waals surface area contributed by atoms with E-state index in [-0.39, 0.29) is 0 Å². The van der Waals surface area contributed by atoms with Gasteiger partial charge in [-0.1, -0.05) is 57.4 Å². The van der Waals surface area contributed by atoms with Crippen LogP contribution in [-0.4, -0.2) is 9.61 Å². The van der Waals surface area contributed by atoms with Gasteiger partial charge in [-0.25, -0.2) is 4.52 Å². The fraction of sp³-hybridized carbons (Fsp3) is 0.421. The number of nitrogens with zero attached hydrogens (tertiary/aromatic N) is 2. The molecule has 3 aromatic rings. The highest BCUT2D eigenvalue weighted by Gasteiger charge is 2.13. The van der Waals surface area contributed by atoms with Gasteiger partial charge in [-0.05, 0) is 30.4 Å². The van der Waals surface area contributed by atoms with Crippen LogP contribution in [0, 0.1) is 0 Å². The first-order valence-electron chi connectivity index (χ1n) is 8.19. The predicted octanol–water partition coefficient (Wildman–Crippen LogP) is 5.56. The molecule has 0 radical (unpaired) electrons. The average molecular weight is 280 g/mol. The molecule has 1 atom stereocenters. The molecule has 110 valence electrons. The summed E-state index contributed by atoms with van der Waals surface area (Å²) >= 11 is 0. The second-order valence-corrected chi connectivity index (χ2v) is 5.94. The maximum atomic E-state index is 4.56. The second kappa shape index (κ2) is 6.30. The molecule has 0 bridgehead atoms. The maximum Gasteiger partial charge on any atom is 0.0727 e. The molecular weight excluding hydrogens is 256 g/mol. The zero-order chi connectivity index (χ0) is 14.7. The molecule has 1 unspecified atom stereocenters. The molecule has 0 N–H and O–H groups in total. The van der Waals surface area contributed by atoms with E-state index in [1.807, 2.05) is 10.7 Å². The lowest BCUT2D eigenvalue weighted by Crippen LogP contribution is -1.96. The highest BCUT2D eigenvalue weighted by Crippen LogP contribution is 2.29. The first-order chi connectivity index (χ1) is 10.3. The molecule has 2 heteroatoms. The van der Waals surface area contributed by atoms with Crippen molar-refractivity contribution >= 4 is 16.3 Å². The Kier molecular flexibility index (Phi) is 4.23. The van der Waals surface area contributed by atoms with Gasteiger partial charge in [0.2, 0.25) is 0 Å². The van der Waals surface area contributed by atoms with E-state index in [2.05, 4.69) is 55.5 Å². The average Bonchev–Trinajstić information content (AvgIpc) is 2.96. The summed E-state index contributed by atoms with van der Waals surface area (Å²) in [5.74, 6) is 0.664. The van der Waals surface area contributed by atoms with E-state index < -0.39 is 0 Å². The maximum absolute atomic E-state index is 4.56. The lowest BCUT2D eigenvalue weighted by Gasteiger charge is -2.12. The summed E-state index contributed by atoms with van der Waals surface area (Å²) in [5, 5.41) is 7.07. The van der Waals surface area contributed by atoms with E-state index in [1.54, 1.807) is 0 Å². The van der Waals surface area contributed by atoms with Crippen molar-refractivity contribution in [3.8, 4) is 0 Å². The zero-order valence-electron chi connectivity index (χ0n) is 13.0. The quantitative estimate of drug-likeness (QED) is 0.540. The van der Waals surface area contributed by atoms with Gasteiger partial charge in [-0.15, -0.1) is 0 Å². The van der Waals surface area contributed by atoms with Gasteiger partial charge in [0.1, 0.15) is 0 Å². The number of aromatic nitrogens is 2. The molecule has 0 spiro atoms. The number of hydrogen-bond donors (Lipinski definition) is 0. The summed E-state index contributed by atoms with van der Waals surface area (Å²) in [6.45, 7) is 4.56. The highest BCUT2D eigenvalue weighted by molar-refractivity contribution is 5.95. The van der Waals surface area contributed by atoms with Crippen molar-refractivity contribution in [3.05, 3.63) is 48.3 Å². The standard InChI is InChI=1S/C19H24N2/c1-3-5-6-9-15(4-2)17-12-19-18-11-8-7-10-16(18)13-20-21(19)14-17/h7-8,10-15H,3-6,9H2,1-2H3. The largest absolute Gasteiger partial charge is 0.240 e. The number of benzene rings is 1. The van der Waals surface area contributed by atoms with Crippen molar-refractivity contribution < 1.29 is 0 Å². The predicted molar refractivity (Wildman–Crippen MR) is 89.9 cm³/mol. The molecule has 0 saturated carbocycles. The second-order valence-electron chi connectivity index (χ2n) is 5.94. The topological polar surface area (TPSA) is 17.3 Å². The zero-order valence-corrected chi connectivity index (χ0v) is 13.0. The van der Waals surface area contributed by atoms with Gasteiger partial charge in [-0.3, -0.25) is 0 Å². The molecule has 0 aliphatic rings. The molecule has 0 amide bonds. The van der Waals surface area contributed by atoms with Crippen molar-refractivity contribution in [1.82, 2.24) is 9.61 Å². The van der Waals surface area contributed by atoms with Gasteiger partial charge >= 0.3 is 0 Å². The van der Waals surface area contributed by atoms with Gasteiger partial charge in [0.25, 0.3) is 0 Å². The molecule has 1 aromatic carbocycles. The fourth-order valence-electron chi connectivity index (χ4n) is 3.21.